The van der Waals surface area contributed by atoms with Crippen molar-refractivity contribution in [3.8, 4) is 0 Å². The molecular weight excluding hydrogens is 909 g/mol. The summed E-state index contributed by atoms with van der Waals surface area (Å²) in [6.45, 7) is 15.6. The molecule has 394 valence electrons. The number of carbonyl (C=O) groups excluding carboxylic acids is 8. The zero-order chi connectivity index (χ0) is 53.5. The highest BCUT2D eigenvalue weighted by atomic mass is 16.4. The fraction of sp³-hybridized carbons (Fsp3) is 0.750. The Hall–Kier alpha value is -5.95. The van der Waals surface area contributed by atoms with Crippen LogP contribution in [0.25, 0.3) is 0 Å². The van der Waals surface area contributed by atoms with Gasteiger partial charge in [-0.1, -0.05) is 75.7 Å². The molecule has 0 aliphatic rings. The minimum absolute atomic E-state index is 0.0347. The van der Waals surface area contributed by atoms with E-state index in [0.717, 1.165) is 0 Å². The summed E-state index contributed by atoms with van der Waals surface area (Å²) in [6.07, 6.45) is -0.939. The minimum atomic E-state index is -1.95. The van der Waals surface area contributed by atoms with Gasteiger partial charge >= 0.3 is 17.9 Å². The van der Waals surface area contributed by atoms with Crippen LogP contribution in [0.15, 0.2) is 0 Å². The van der Waals surface area contributed by atoms with E-state index in [4.69, 9.17) is 11.5 Å². The highest BCUT2D eigenvalue weighted by Crippen LogP contribution is 2.13. The van der Waals surface area contributed by atoms with Crippen LogP contribution in [0.3, 0.4) is 0 Å². The Morgan fingerprint density at radius 1 is 0.464 bits per heavy atom. The van der Waals surface area contributed by atoms with Gasteiger partial charge in [0.1, 0.15) is 48.3 Å². The summed E-state index contributed by atoms with van der Waals surface area (Å²) < 4.78 is 0. The molecule has 16 N–H and O–H groups in total. The SMILES string of the molecule is CC[C@H](C)[C@H](NC(=O)[C@H](CC(=O)O)NC(=O)[C@H](CC(=O)O)NC(=O)[C@@H](NC(=O)[C@@H](N)C(C)C)C(C)C)C(=O)N[C@H](C(=O)N[C@@H](CO)C(=O)N[C@@H](CCCCN)C(=O)N[C@@H](CC(C)C)C(=O)O)C(C)C. The van der Waals surface area contributed by atoms with Crippen LogP contribution in [0.1, 0.15) is 114 Å². The predicted octanol–water partition coefficient (Wildman–Crippen LogP) is -2.59. The van der Waals surface area contributed by atoms with Gasteiger partial charge in [0.25, 0.3) is 0 Å². The maximum Gasteiger partial charge on any atom is 0.326 e. The molecule has 0 bridgehead atoms. The number of aliphatic carboxylic acids is 3. The average molecular weight is 987 g/mol. The first-order valence-electron chi connectivity index (χ1n) is 23.2. The van der Waals surface area contributed by atoms with E-state index in [1.165, 1.54) is 13.8 Å². The average Bonchev–Trinajstić information content (AvgIpc) is 3.25. The summed E-state index contributed by atoms with van der Waals surface area (Å²) in [5, 5.41) is 58.1. The molecule has 0 fully saturated rings. The number of carbonyl (C=O) groups is 11. The monoisotopic (exact) mass is 987 g/mol. The lowest BCUT2D eigenvalue weighted by Gasteiger charge is -2.30. The molecule has 0 saturated heterocycles. The molecule has 10 atom stereocenters. The van der Waals surface area contributed by atoms with Crippen molar-refractivity contribution in [2.75, 3.05) is 13.2 Å². The van der Waals surface area contributed by atoms with E-state index in [9.17, 15) is 73.2 Å². The molecule has 0 aliphatic heterocycles. The lowest BCUT2D eigenvalue weighted by Crippen LogP contribution is -2.62. The zero-order valence-electron chi connectivity index (χ0n) is 41.4. The molecule has 8 amide bonds. The van der Waals surface area contributed by atoms with Crippen LogP contribution in [0.2, 0.25) is 0 Å². The maximum atomic E-state index is 13.9. The van der Waals surface area contributed by atoms with Gasteiger partial charge in [-0.15, -0.1) is 0 Å². The Labute approximate surface area is 402 Å². The molecule has 69 heavy (non-hydrogen) atoms. The van der Waals surface area contributed by atoms with E-state index in [-0.39, 0.29) is 37.6 Å². The van der Waals surface area contributed by atoms with E-state index in [1.807, 2.05) is 0 Å². The second-order valence-corrected chi connectivity index (χ2v) is 18.5. The maximum absolute atomic E-state index is 13.9. The first kappa shape index (κ1) is 63.0. The van der Waals surface area contributed by atoms with Crippen molar-refractivity contribution >= 4 is 65.2 Å². The quantitative estimate of drug-likeness (QED) is 0.0300. The summed E-state index contributed by atoms with van der Waals surface area (Å²) in [4.78, 5) is 143. The van der Waals surface area contributed by atoms with E-state index in [0.29, 0.717) is 12.8 Å². The summed E-state index contributed by atoms with van der Waals surface area (Å²) in [7, 11) is 0. The number of rotatable bonds is 33. The lowest BCUT2D eigenvalue weighted by atomic mass is 9.95. The molecule has 0 spiro atoms. The van der Waals surface area contributed by atoms with Crippen molar-refractivity contribution < 1.29 is 73.2 Å². The molecule has 0 unspecified atom stereocenters. The Balaban J connectivity index is 6.46. The van der Waals surface area contributed by atoms with Gasteiger partial charge in [-0.05, 0) is 61.8 Å². The van der Waals surface area contributed by atoms with Gasteiger partial charge < -0.3 is 74.4 Å². The van der Waals surface area contributed by atoms with E-state index in [1.54, 1.807) is 55.4 Å². The number of aliphatic hydroxyl groups excluding tert-OH is 1. The third-order valence-electron chi connectivity index (χ3n) is 11.0. The molecule has 0 radical (unpaired) electrons. The molecule has 0 aliphatic carbocycles. The molecule has 0 aromatic rings. The number of amides is 8. The normalized spacial score (nSPS) is 15.7. The largest absolute Gasteiger partial charge is 0.481 e. The molecule has 25 nitrogen and oxygen atoms in total. The van der Waals surface area contributed by atoms with Crippen LogP contribution in [-0.2, 0) is 52.7 Å². The van der Waals surface area contributed by atoms with E-state index < -0.39 is 157 Å². The van der Waals surface area contributed by atoms with Crippen LogP contribution in [-0.4, -0.2) is 153 Å². The molecule has 0 aromatic heterocycles. The number of carboxylic acids is 3. The van der Waals surface area contributed by atoms with Gasteiger partial charge in [-0.25, -0.2) is 4.79 Å². The molecule has 0 heterocycles. The summed E-state index contributed by atoms with van der Waals surface area (Å²) in [5.74, 6) is -14.8. The van der Waals surface area contributed by atoms with Crippen molar-refractivity contribution in [3.63, 3.8) is 0 Å². The van der Waals surface area contributed by atoms with E-state index >= 15 is 0 Å². The minimum Gasteiger partial charge on any atom is -0.481 e. The van der Waals surface area contributed by atoms with Crippen LogP contribution < -0.4 is 54.0 Å². The standard InChI is InChI=1S/C44H78N10O15/c1-11-24(10)35(54-38(62)27(18-31(58)59)48-37(61)26(17-30(56)57)49-41(65)33(22(6)7)52-40(64)32(46)21(4)5)43(67)53-34(23(8)9)42(66)51-29(19-55)39(63)47-25(14-12-13-15-45)36(60)50-28(44(68)69)16-20(2)3/h20-29,32-35,55H,11-19,45-46H2,1-10H3,(H,47,63)(H,48,61)(H,49,65)(H,50,60)(H,51,66)(H,52,64)(H,53,67)(H,54,62)(H,56,57)(H,58,59)(H,68,69)/t24-,25-,26-,27-,28-,29-,32-,33-,34-,35-/m0/s1. The topological polar surface area (TPSA) is 417 Å². The van der Waals surface area contributed by atoms with Gasteiger partial charge in [-0.2, -0.15) is 0 Å². The number of aliphatic hydroxyl groups is 1. The number of nitrogens with two attached hydrogens (primary N) is 2. The Bertz CT molecular complexity index is 1780. The van der Waals surface area contributed by atoms with Crippen molar-refractivity contribution in [1.82, 2.24) is 42.5 Å². The number of hydrogen-bond acceptors (Lipinski definition) is 14. The molecule has 0 aromatic carbocycles. The van der Waals surface area contributed by atoms with Gasteiger partial charge in [-0.3, -0.25) is 47.9 Å². The Morgan fingerprint density at radius 3 is 1.25 bits per heavy atom. The van der Waals surface area contributed by atoms with Gasteiger partial charge in [0.05, 0.1) is 25.5 Å². The van der Waals surface area contributed by atoms with Crippen LogP contribution in [0.4, 0.5) is 0 Å². The number of nitrogens with one attached hydrogen (secondary N) is 8. The van der Waals surface area contributed by atoms with Crippen molar-refractivity contribution in [2.45, 2.75) is 169 Å². The summed E-state index contributed by atoms with van der Waals surface area (Å²) in [5.41, 5.74) is 11.5. The van der Waals surface area contributed by atoms with Crippen LogP contribution in [0.5, 0.6) is 0 Å². The summed E-state index contributed by atoms with van der Waals surface area (Å²) >= 11 is 0. The smallest absolute Gasteiger partial charge is 0.326 e. The van der Waals surface area contributed by atoms with Gasteiger partial charge in [0, 0.05) is 0 Å². The third-order valence-corrected chi connectivity index (χ3v) is 11.0. The van der Waals surface area contributed by atoms with E-state index in [2.05, 4.69) is 42.5 Å². The highest BCUT2D eigenvalue weighted by molar-refractivity contribution is 5.99. The van der Waals surface area contributed by atoms with Crippen molar-refractivity contribution in [1.29, 1.82) is 0 Å². The molecule has 0 saturated carbocycles. The van der Waals surface area contributed by atoms with Crippen LogP contribution in [0, 0.1) is 29.6 Å². The lowest BCUT2D eigenvalue weighted by molar-refractivity contribution is -0.144. The number of hydrogen-bond donors (Lipinski definition) is 14. The van der Waals surface area contributed by atoms with Crippen molar-refractivity contribution in [2.24, 2.45) is 41.1 Å². The fourth-order valence-corrected chi connectivity index (χ4v) is 6.58. The Morgan fingerprint density at radius 2 is 0.841 bits per heavy atom. The van der Waals surface area contributed by atoms with Gasteiger partial charge in [0.15, 0.2) is 0 Å². The Kier molecular flexibility index (Phi) is 28.5. The first-order chi connectivity index (χ1) is 32.0. The van der Waals surface area contributed by atoms with Gasteiger partial charge in [0.2, 0.25) is 47.3 Å². The molecule has 25 heteroatoms. The third kappa shape index (κ3) is 22.8. The second-order valence-electron chi connectivity index (χ2n) is 18.5. The molecular formula is C44H78N10O15. The second kappa shape index (κ2) is 31.2. The predicted molar refractivity (Wildman–Crippen MR) is 249 cm³/mol. The molecule has 0 rings (SSSR count). The van der Waals surface area contributed by atoms with Crippen molar-refractivity contribution in [3.05, 3.63) is 0 Å². The number of carboxylic acid groups (broad SMARTS) is 3. The fourth-order valence-electron chi connectivity index (χ4n) is 6.58. The highest BCUT2D eigenvalue weighted by Gasteiger charge is 2.38. The first-order valence-corrected chi connectivity index (χ1v) is 23.2. The summed E-state index contributed by atoms with van der Waals surface area (Å²) in [6, 6.07) is -13.3. The van der Waals surface area contributed by atoms with Crippen LogP contribution >= 0.6 is 0 Å². The number of unbranched alkanes of at least 4 members (excludes halogenated alkanes) is 1. The zero-order valence-corrected chi connectivity index (χ0v) is 41.4.